The molecule has 1 heterocycles. The molecule has 0 radical (unpaired) electrons. The van der Waals surface area contributed by atoms with Crippen molar-refractivity contribution in [2.24, 2.45) is 5.92 Å². The van der Waals surface area contributed by atoms with Crippen LogP contribution in [0.15, 0.2) is 16.9 Å². The van der Waals surface area contributed by atoms with Gasteiger partial charge in [-0.15, -0.1) is 0 Å². The summed E-state index contributed by atoms with van der Waals surface area (Å²) in [5.74, 6) is 0.555. The molecule has 15 heavy (non-hydrogen) atoms. The first kappa shape index (κ1) is 10.7. The molecule has 0 saturated heterocycles. The lowest BCUT2D eigenvalue weighted by Gasteiger charge is -2.31. The van der Waals surface area contributed by atoms with Gasteiger partial charge in [-0.3, -0.25) is 4.98 Å². The molecule has 0 amide bonds. The Kier molecular flexibility index (Phi) is 3.11. The van der Waals surface area contributed by atoms with Crippen LogP contribution in [0.25, 0.3) is 0 Å². The van der Waals surface area contributed by atoms with Gasteiger partial charge in [-0.25, -0.2) is 0 Å². The van der Waals surface area contributed by atoms with Gasteiger partial charge in [0.15, 0.2) is 0 Å². The number of anilines is 2. The Hall–Kier alpha value is -0.810. The van der Waals surface area contributed by atoms with E-state index in [0.29, 0.717) is 11.6 Å². The van der Waals surface area contributed by atoms with Gasteiger partial charge in [-0.1, -0.05) is 0 Å². The molecule has 4 N–H and O–H groups in total. The van der Waals surface area contributed by atoms with Crippen LogP contribution in [0, 0.1) is 5.92 Å². The fourth-order valence-electron chi connectivity index (χ4n) is 1.75. The summed E-state index contributed by atoms with van der Waals surface area (Å²) in [6.45, 7) is 0.851. The summed E-state index contributed by atoms with van der Waals surface area (Å²) in [7, 11) is 0. The number of nitrogens with one attached hydrogen (secondary N) is 1. The fourth-order valence-corrected chi connectivity index (χ4v) is 2.24. The minimum atomic E-state index is -0.102. The van der Waals surface area contributed by atoms with E-state index < -0.39 is 0 Å². The Morgan fingerprint density at radius 1 is 1.53 bits per heavy atom. The number of nitrogens with zero attached hydrogens (tertiary/aromatic N) is 1. The first-order valence-corrected chi connectivity index (χ1v) is 5.77. The van der Waals surface area contributed by atoms with Gasteiger partial charge in [-0.05, 0) is 34.7 Å². The van der Waals surface area contributed by atoms with Gasteiger partial charge in [0.05, 0.1) is 28.1 Å². The Bertz CT molecular complexity index is 332. The van der Waals surface area contributed by atoms with Crippen LogP contribution in [0.2, 0.25) is 0 Å². The first-order valence-electron chi connectivity index (χ1n) is 4.97. The van der Waals surface area contributed by atoms with Crippen LogP contribution >= 0.6 is 15.9 Å². The molecule has 1 aliphatic rings. The van der Waals surface area contributed by atoms with Crippen molar-refractivity contribution >= 4 is 27.3 Å². The SMILES string of the molecule is Nc1cncc(Br)c1NCC1CC(O)C1. The molecule has 1 aromatic rings. The number of aliphatic hydroxyl groups is 1. The maximum Gasteiger partial charge on any atom is 0.0750 e. The van der Waals surface area contributed by atoms with Crippen molar-refractivity contribution in [3.8, 4) is 0 Å². The molecule has 5 heteroatoms. The Morgan fingerprint density at radius 2 is 2.27 bits per heavy atom. The molecule has 0 aliphatic heterocycles. The number of halogens is 1. The molecule has 0 unspecified atom stereocenters. The third-order valence-corrected chi connectivity index (χ3v) is 3.31. The van der Waals surface area contributed by atoms with E-state index in [1.54, 1.807) is 12.4 Å². The van der Waals surface area contributed by atoms with Gasteiger partial charge in [0.25, 0.3) is 0 Å². The fraction of sp³-hybridized carbons (Fsp3) is 0.500. The summed E-state index contributed by atoms with van der Waals surface area (Å²) in [6.07, 6.45) is 5.01. The molecule has 1 aliphatic carbocycles. The summed E-state index contributed by atoms with van der Waals surface area (Å²) >= 11 is 3.39. The third kappa shape index (κ3) is 2.41. The predicted octanol–water partition coefficient (Wildman–Crippen LogP) is 1.61. The number of nitrogen functional groups attached to an aromatic ring is 1. The van der Waals surface area contributed by atoms with Crippen molar-refractivity contribution < 1.29 is 5.11 Å². The second-order valence-corrected chi connectivity index (χ2v) is 4.81. The zero-order chi connectivity index (χ0) is 10.8. The molecule has 2 rings (SSSR count). The van der Waals surface area contributed by atoms with E-state index in [0.717, 1.165) is 29.5 Å². The number of hydrogen-bond acceptors (Lipinski definition) is 4. The maximum absolute atomic E-state index is 9.15. The lowest BCUT2D eigenvalue weighted by molar-refractivity contribution is 0.0487. The number of pyridine rings is 1. The molecule has 0 bridgehead atoms. The minimum absolute atomic E-state index is 0.102. The highest BCUT2D eigenvalue weighted by Gasteiger charge is 2.26. The van der Waals surface area contributed by atoms with E-state index in [2.05, 4.69) is 26.2 Å². The molecule has 0 spiro atoms. The third-order valence-electron chi connectivity index (χ3n) is 2.71. The van der Waals surface area contributed by atoms with Crippen LogP contribution in [0.1, 0.15) is 12.8 Å². The van der Waals surface area contributed by atoms with E-state index in [-0.39, 0.29) is 6.10 Å². The second-order valence-electron chi connectivity index (χ2n) is 3.96. The van der Waals surface area contributed by atoms with Gasteiger partial charge in [0.2, 0.25) is 0 Å². The van der Waals surface area contributed by atoms with E-state index in [1.165, 1.54) is 0 Å². The quantitative estimate of drug-likeness (QED) is 0.781. The number of aromatic nitrogens is 1. The van der Waals surface area contributed by atoms with Crippen LogP contribution in [0.4, 0.5) is 11.4 Å². The van der Waals surface area contributed by atoms with E-state index in [4.69, 9.17) is 10.8 Å². The summed E-state index contributed by atoms with van der Waals surface area (Å²) in [6, 6.07) is 0. The van der Waals surface area contributed by atoms with Crippen LogP contribution in [0.3, 0.4) is 0 Å². The van der Waals surface area contributed by atoms with Gasteiger partial charge in [-0.2, -0.15) is 0 Å². The van der Waals surface area contributed by atoms with Gasteiger partial charge >= 0.3 is 0 Å². The molecule has 1 saturated carbocycles. The molecule has 1 aromatic heterocycles. The standard InChI is InChI=1S/C10H14BrN3O/c11-8-4-13-5-9(12)10(8)14-3-6-1-7(15)2-6/h4-7,15H,1-3,12H2,(H,13,14). The Balaban J connectivity index is 1.93. The normalized spacial score (nSPS) is 24.7. The number of aliphatic hydroxyl groups excluding tert-OH is 1. The number of rotatable bonds is 3. The Labute approximate surface area is 97.0 Å². The highest BCUT2D eigenvalue weighted by atomic mass is 79.9. The van der Waals surface area contributed by atoms with Crippen molar-refractivity contribution in [2.75, 3.05) is 17.6 Å². The average Bonchev–Trinajstić information content (AvgIpc) is 2.14. The van der Waals surface area contributed by atoms with Gasteiger partial charge in [0.1, 0.15) is 0 Å². The molecular formula is C10H14BrN3O. The molecule has 0 aromatic carbocycles. The van der Waals surface area contributed by atoms with Crippen molar-refractivity contribution in [3.63, 3.8) is 0 Å². The first-order chi connectivity index (χ1) is 7.16. The zero-order valence-corrected chi connectivity index (χ0v) is 9.87. The van der Waals surface area contributed by atoms with Crippen molar-refractivity contribution in [1.82, 2.24) is 4.98 Å². The van der Waals surface area contributed by atoms with Crippen molar-refractivity contribution in [2.45, 2.75) is 18.9 Å². The molecule has 4 nitrogen and oxygen atoms in total. The number of hydrogen-bond donors (Lipinski definition) is 3. The summed E-state index contributed by atoms with van der Waals surface area (Å²) in [4.78, 5) is 3.97. The summed E-state index contributed by atoms with van der Waals surface area (Å²) in [5.41, 5.74) is 7.33. The van der Waals surface area contributed by atoms with Crippen LogP contribution in [0.5, 0.6) is 0 Å². The molecule has 82 valence electrons. The summed E-state index contributed by atoms with van der Waals surface area (Å²) in [5, 5.41) is 12.4. The summed E-state index contributed by atoms with van der Waals surface area (Å²) < 4.78 is 0.877. The van der Waals surface area contributed by atoms with Crippen LogP contribution in [-0.4, -0.2) is 22.7 Å². The number of nitrogens with two attached hydrogens (primary N) is 1. The highest BCUT2D eigenvalue weighted by molar-refractivity contribution is 9.10. The zero-order valence-electron chi connectivity index (χ0n) is 8.28. The van der Waals surface area contributed by atoms with Crippen LogP contribution < -0.4 is 11.1 Å². The van der Waals surface area contributed by atoms with E-state index >= 15 is 0 Å². The second kappa shape index (κ2) is 4.37. The molecule has 0 atom stereocenters. The van der Waals surface area contributed by atoms with E-state index in [1.807, 2.05) is 0 Å². The van der Waals surface area contributed by atoms with Crippen molar-refractivity contribution in [1.29, 1.82) is 0 Å². The Morgan fingerprint density at radius 3 is 2.87 bits per heavy atom. The topological polar surface area (TPSA) is 71.2 Å². The smallest absolute Gasteiger partial charge is 0.0750 e. The average molecular weight is 272 g/mol. The monoisotopic (exact) mass is 271 g/mol. The van der Waals surface area contributed by atoms with Gasteiger partial charge in [0, 0.05) is 12.7 Å². The lowest BCUT2D eigenvalue weighted by atomic mass is 9.82. The minimum Gasteiger partial charge on any atom is -0.396 e. The van der Waals surface area contributed by atoms with E-state index in [9.17, 15) is 0 Å². The van der Waals surface area contributed by atoms with Crippen LogP contribution in [-0.2, 0) is 0 Å². The lowest BCUT2D eigenvalue weighted by Crippen LogP contribution is -2.33. The van der Waals surface area contributed by atoms with Crippen molar-refractivity contribution in [3.05, 3.63) is 16.9 Å². The molecule has 1 fully saturated rings. The van der Waals surface area contributed by atoms with Gasteiger partial charge < -0.3 is 16.2 Å². The highest BCUT2D eigenvalue weighted by Crippen LogP contribution is 2.31. The maximum atomic E-state index is 9.15. The molecular weight excluding hydrogens is 258 g/mol. The largest absolute Gasteiger partial charge is 0.396 e. The predicted molar refractivity (Wildman–Crippen MR) is 63.6 cm³/mol.